The molecule has 1 aromatic carbocycles. The van der Waals surface area contributed by atoms with E-state index in [-0.39, 0.29) is 16.8 Å². The molecule has 1 fully saturated rings. The molecule has 0 radical (unpaired) electrons. The van der Waals surface area contributed by atoms with E-state index in [1.807, 2.05) is 16.4 Å². The van der Waals surface area contributed by atoms with Gasteiger partial charge < -0.3 is 9.47 Å². The molecule has 1 amide bonds. The largest absolute Gasteiger partial charge is 0.336 e. The predicted molar refractivity (Wildman–Crippen MR) is 98.2 cm³/mol. The number of benzene rings is 1. The number of hydrogen-bond acceptors (Lipinski definition) is 4. The first-order valence-corrected chi connectivity index (χ1v) is 10.2. The van der Waals surface area contributed by atoms with Crippen molar-refractivity contribution < 1.29 is 13.2 Å². The minimum Gasteiger partial charge on any atom is -0.336 e. The van der Waals surface area contributed by atoms with Crippen molar-refractivity contribution in [3.8, 4) is 0 Å². The fraction of sp³-hybridized carbons (Fsp3) is 0.444. The molecule has 1 aliphatic rings. The number of amides is 1. The molecule has 26 heavy (non-hydrogen) atoms. The molecule has 1 saturated heterocycles. The summed E-state index contributed by atoms with van der Waals surface area (Å²) in [6, 6.07) is 6.52. The van der Waals surface area contributed by atoms with E-state index in [0.717, 1.165) is 19.4 Å². The molecule has 140 valence electrons. The molecule has 8 heteroatoms. The van der Waals surface area contributed by atoms with Gasteiger partial charge in [-0.1, -0.05) is 6.07 Å². The summed E-state index contributed by atoms with van der Waals surface area (Å²) < 4.78 is 28.8. The van der Waals surface area contributed by atoms with Crippen LogP contribution in [0.5, 0.6) is 0 Å². The molecular weight excluding hydrogens is 352 g/mol. The molecule has 0 spiro atoms. The molecular formula is C18H24N4O3S. The highest BCUT2D eigenvalue weighted by atomic mass is 32.2. The number of carbonyl (C=O) groups excluding carboxylic acids is 1. The molecule has 7 nitrogen and oxygen atoms in total. The lowest BCUT2D eigenvalue weighted by Crippen LogP contribution is -2.34. The number of imidazole rings is 1. The SMILES string of the molecule is C[C@H]1CCCN1C(=O)c1cccc(S(=O)(=O)N(C)CCn2ccnc2)c1. The zero-order chi connectivity index (χ0) is 18.7. The second-order valence-electron chi connectivity index (χ2n) is 6.64. The second-order valence-corrected chi connectivity index (χ2v) is 8.69. The Hall–Kier alpha value is -2.19. The van der Waals surface area contributed by atoms with Crippen LogP contribution in [0.15, 0.2) is 47.9 Å². The minimum atomic E-state index is -3.66. The van der Waals surface area contributed by atoms with Crippen LogP contribution >= 0.6 is 0 Å². The molecule has 3 rings (SSSR count). The summed E-state index contributed by atoms with van der Waals surface area (Å²) in [5.74, 6) is -0.104. The van der Waals surface area contributed by atoms with Crippen molar-refractivity contribution in [2.24, 2.45) is 0 Å². The van der Waals surface area contributed by atoms with Crippen LogP contribution in [0.4, 0.5) is 0 Å². The van der Waals surface area contributed by atoms with Crippen LogP contribution in [0.1, 0.15) is 30.1 Å². The first-order chi connectivity index (χ1) is 12.4. The fourth-order valence-electron chi connectivity index (χ4n) is 3.17. The molecule has 0 N–H and O–H groups in total. The highest BCUT2D eigenvalue weighted by Crippen LogP contribution is 2.22. The van der Waals surface area contributed by atoms with E-state index in [1.54, 1.807) is 37.9 Å². The van der Waals surface area contributed by atoms with Crippen LogP contribution in [-0.4, -0.2) is 59.3 Å². The van der Waals surface area contributed by atoms with Crippen LogP contribution < -0.4 is 0 Å². The molecule has 1 aliphatic heterocycles. The van der Waals surface area contributed by atoms with Gasteiger partial charge in [-0.05, 0) is 38.0 Å². The lowest BCUT2D eigenvalue weighted by molar-refractivity contribution is 0.0747. The Morgan fingerprint density at radius 1 is 1.38 bits per heavy atom. The number of hydrogen-bond donors (Lipinski definition) is 0. The summed E-state index contributed by atoms with van der Waals surface area (Å²) in [5.41, 5.74) is 0.419. The van der Waals surface area contributed by atoms with Crippen LogP contribution in [-0.2, 0) is 16.6 Å². The van der Waals surface area contributed by atoms with E-state index in [2.05, 4.69) is 4.98 Å². The van der Waals surface area contributed by atoms with Crippen molar-refractivity contribution in [1.29, 1.82) is 0 Å². The van der Waals surface area contributed by atoms with Crippen molar-refractivity contribution in [3.63, 3.8) is 0 Å². The molecule has 0 aliphatic carbocycles. The van der Waals surface area contributed by atoms with Crippen molar-refractivity contribution in [1.82, 2.24) is 18.8 Å². The Morgan fingerprint density at radius 2 is 2.19 bits per heavy atom. The van der Waals surface area contributed by atoms with Gasteiger partial charge in [0, 0.05) is 50.7 Å². The number of likely N-dealkylation sites (N-methyl/N-ethyl adjacent to an activating group) is 1. The Balaban J connectivity index is 1.76. The van der Waals surface area contributed by atoms with E-state index in [4.69, 9.17) is 0 Å². The van der Waals surface area contributed by atoms with Gasteiger partial charge in [0.2, 0.25) is 10.0 Å². The zero-order valence-corrected chi connectivity index (χ0v) is 15.9. The Kier molecular flexibility index (Phi) is 5.43. The fourth-order valence-corrected chi connectivity index (χ4v) is 4.37. The summed E-state index contributed by atoms with van der Waals surface area (Å²) in [5, 5.41) is 0. The van der Waals surface area contributed by atoms with Crippen molar-refractivity contribution >= 4 is 15.9 Å². The van der Waals surface area contributed by atoms with Gasteiger partial charge >= 0.3 is 0 Å². The number of rotatable bonds is 6. The molecule has 0 unspecified atom stereocenters. The smallest absolute Gasteiger partial charge is 0.254 e. The number of likely N-dealkylation sites (tertiary alicyclic amines) is 1. The maximum absolute atomic E-state index is 12.8. The molecule has 2 aromatic rings. The van der Waals surface area contributed by atoms with Crippen LogP contribution in [0.3, 0.4) is 0 Å². The van der Waals surface area contributed by atoms with E-state index in [1.165, 1.54) is 16.4 Å². The third-order valence-corrected chi connectivity index (χ3v) is 6.69. The van der Waals surface area contributed by atoms with E-state index in [0.29, 0.717) is 18.7 Å². The predicted octanol–water partition coefficient (Wildman–Crippen LogP) is 1.83. The van der Waals surface area contributed by atoms with Crippen LogP contribution in [0, 0.1) is 0 Å². The van der Waals surface area contributed by atoms with Gasteiger partial charge in [-0.25, -0.2) is 13.4 Å². The van der Waals surface area contributed by atoms with Gasteiger partial charge in [0.25, 0.3) is 5.91 Å². The van der Waals surface area contributed by atoms with E-state index in [9.17, 15) is 13.2 Å². The summed E-state index contributed by atoms with van der Waals surface area (Å²) in [6.07, 6.45) is 7.07. The molecule has 0 bridgehead atoms. The van der Waals surface area contributed by atoms with Crippen molar-refractivity contribution in [2.45, 2.75) is 37.2 Å². The van der Waals surface area contributed by atoms with Gasteiger partial charge in [-0.3, -0.25) is 4.79 Å². The molecule has 1 atom stereocenters. The van der Waals surface area contributed by atoms with Crippen molar-refractivity contribution in [3.05, 3.63) is 48.5 Å². The van der Waals surface area contributed by atoms with E-state index >= 15 is 0 Å². The Morgan fingerprint density at radius 3 is 2.85 bits per heavy atom. The lowest BCUT2D eigenvalue weighted by Gasteiger charge is -2.22. The second kappa shape index (κ2) is 7.59. The van der Waals surface area contributed by atoms with E-state index < -0.39 is 10.0 Å². The van der Waals surface area contributed by atoms with Crippen LogP contribution in [0.25, 0.3) is 0 Å². The van der Waals surface area contributed by atoms with Crippen LogP contribution in [0.2, 0.25) is 0 Å². The number of aromatic nitrogens is 2. The third kappa shape index (κ3) is 3.81. The summed E-state index contributed by atoms with van der Waals surface area (Å²) in [6.45, 7) is 3.58. The first kappa shape index (κ1) is 18.6. The number of nitrogens with zero attached hydrogens (tertiary/aromatic N) is 4. The minimum absolute atomic E-state index is 0.104. The Labute approximate surface area is 154 Å². The summed E-state index contributed by atoms with van der Waals surface area (Å²) in [7, 11) is -2.11. The summed E-state index contributed by atoms with van der Waals surface area (Å²) in [4.78, 5) is 18.6. The lowest BCUT2D eigenvalue weighted by atomic mass is 10.2. The maximum atomic E-state index is 12.8. The maximum Gasteiger partial charge on any atom is 0.254 e. The van der Waals surface area contributed by atoms with Gasteiger partial charge in [0.05, 0.1) is 11.2 Å². The Bertz CT molecular complexity index is 864. The van der Waals surface area contributed by atoms with Gasteiger partial charge in [-0.2, -0.15) is 4.31 Å². The standard InChI is InChI=1S/C18H24N4O3S/c1-15-5-4-9-22(15)18(23)16-6-3-7-17(13-16)26(24,25)20(2)11-12-21-10-8-19-14-21/h3,6-8,10,13-15H,4-5,9,11-12H2,1-2H3/t15-/m0/s1. The highest BCUT2D eigenvalue weighted by molar-refractivity contribution is 7.89. The number of carbonyl (C=O) groups is 1. The zero-order valence-electron chi connectivity index (χ0n) is 15.1. The summed E-state index contributed by atoms with van der Waals surface area (Å²) >= 11 is 0. The quantitative estimate of drug-likeness (QED) is 0.771. The first-order valence-electron chi connectivity index (χ1n) is 8.72. The highest BCUT2D eigenvalue weighted by Gasteiger charge is 2.27. The molecule has 0 saturated carbocycles. The molecule has 1 aromatic heterocycles. The topological polar surface area (TPSA) is 75.5 Å². The average molecular weight is 376 g/mol. The monoisotopic (exact) mass is 376 g/mol. The average Bonchev–Trinajstić information content (AvgIpc) is 3.30. The van der Waals surface area contributed by atoms with Gasteiger partial charge in [0.15, 0.2) is 0 Å². The number of sulfonamides is 1. The van der Waals surface area contributed by atoms with Crippen molar-refractivity contribution in [2.75, 3.05) is 20.1 Å². The third-order valence-electron chi connectivity index (χ3n) is 4.84. The van der Waals surface area contributed by atoms with Gasteiger partial charge in [-0.15, -0.1) is 0 Å². The van der Waals surface area contributed by atoms with Gasteiger partial charge in [0.1, 0.15) is 0 Å². The normalized spacial score (nSPS) is 17.8. The molecule has 2 heterocycles.